The van der Waals surface area contributed by atoms with Crippen LogP contribution >= 0.6 is 0 Å². The first-order valence-electron chi connectivity index (χ1n) is 9.24. The second-order valence-corrected chi connectivity index (χ2v) is 9.36. The van der Waals surface area contributed by atoms with Gasteiger partial charge in [0.15, 0.2) is 0 Å². The molecule has 1 aliphatic carbocycles. The number of nitrogens with zero attached hydrogens (tertiary/aromatic N) is 3. The van der Waals surface area contributed by atoms with Gasteiger partial charge in [0.1, 0.15) is 5.69 Å². The molecular weight excluding hydrogens is 386 g/mol. The minimum absolute atomic E-state index is 0.131. The van der Waals surface area contributed by atoms with Crippen molar-refractivity contribution in [1.29, 1.82) is 0 Å². The molecule has 0 unspecified atom stereocenters. The fourth-order valence-corrected chi connectivity index (χ4v) is 4.06. The van der Waals surface area contributed by atoms with Crippen LogP contribution in [0.4, 0.5) is 14.7 Å². The lowest BCUT2D eigenvalue weighted by Crippen LogP contribution is -2.47. The normalized spacial score (nSPS) is 20.7. The summed E-state index contributed by atoms with van der Waals surface area (Å²) in [5.74, 6) is -2.61. The molecule has 1 saturated heterocycles. The molecular formula is C19H22F2N4O2S. The second-order valence-electron chi connectivity index (χ2n) is 7.53. The molecule has 2 aliphatic rings. The van der Waals surface area contributed by atoms with Gasteiger partial charge in [-0.15, -0.1) is 0 Å². The highest BCUT2D eigenvalue weighted by molar-refractivity contribution is 7.88. The van der Waals surface area contributed by atoms with Crippen LogP contribution in [0.25, 0.3) is 11.3 Å². The van der Waals surface area contributed by atoms with Gasteiger partial charge in [0, 0.05) is 36.7 Å². The summed E-state index contributed by atoms with van der Waals surface area (Å²) in [6, 6.07) is 7.40. The molecule has 1 aliphatic heterocycles. The van der Waals surface area contributed by atoms with Gasteiger partial charge in [0.25, 0.3) is 5.92 Å². The van der Waals surface area contributed by atoms with Crippen molar-refractivity contribution in [3.05, 3.63) is 41.1 Å². The molecule has 0 radical (unpaired) electrons. The van der Waals surface area contributed by atoms with E-state index < -0.39 is 15.9 Å². The van der Waals surface area contributed by atoms with Crippen molar-refractivity contribution in [1.82, 2.24) is 14.7 Å². The first kappa shape index (κ1) is 19.2. The Balaban J connectivity index is 1.77. The zero-order valence-corrected chi connectivity index (χ0v) is 16.6. The van der Waals surface area contributed by atoms with Gasteiger partial charge in [-0.05, 0) is 31.4 Å². The molecule has 2 aromatic rings. The zero-order chi connectivity index (χ0) is 20.1. The van der Waals surface area contributed by atoms with Crippen molar-refractivity contribution in [3.63, 3.8) is 0 Å². The molecule has 0 saturated carbocycles. The van der Waals surface area contributed by atoms with Crippen LogP contribution in [-0.4, -0.2) is 37.2 Å². The molecule has 6 nitrogen and oxygen atoms in total. The third-order valence-corrected chi connectivity index (χ3v) is 6.02. The summed E-state index contributed by atoms with van der Waals surface area (Å²) in [4.78, 5) is 10.8. The van der Waals surface area contributed by atoms with Crippen LogP contribution in [0.1, 0.15) is 36.6 Å². The van der Waals surface area contributed by atoms with Gasteiger partial charge < -0.3 is 4.90 Å². The molecule has 4 rings (SSSR count). The largest absolute Gasteiger partial charge is 0.338 e. The SMILES string of the molecule is C[C@H]1CCN1c1nc(-c2cccc(CNS(C)(=O)=O)c2)c2c(n1)C(F)(F)CC2. The minimum atomic E-state index is -3.33. The first-order valence-corrected chi connectivity index (χ1v) is 11.1. The van der Waals surface area contributed by atoms with E-state index in [0.29, 0.717) is 22.8 Å². The van der Waals surface area contributed by atoms with Gasteiger partial charge in [-0.25, -0.2) is 23.1 Å². The molecule has 150 valence electrons. The Morgan fingerprint density at radius 3 is 2.75 bits per heavy atom. The van der Waals surface area contributed by atoms with E-state index in [9.17, 15) is 17.2 Å². The Morgan fingerprint density at radius 2 is 2.11 bits per heavy atom. The van der Waals surface area contributed by atoms with Crippen molar-refractivity contribution in [3.8, 4) is 11.3 Å². The van der Waals surface area contributed by atoms with Gasteiger partial charge >= 0.3 is 0 Å². The number of rotatable bonds is 5. The molecule has 0 spiro atoms. The van der Waals surface area contributed by atoms with E-state index in [4.69, 9.17) is 0 Å². The van der Waals surface area contributed by atoms with E-state index in [1.54, 1.807) is 18.2 Å². The number of alkyl halides is 2. The van der Waals surface area contributed by atoms with Gasteiger partial charge in [-0.2, -0.15) is 8.78 Å². The van der Waals surface area contributed by atoms with E-state index in [1.807, 2.05) is 17.9 Å². The van der Waals surface area contributed by atoms with E-state index in [-0.39, 0.29) is 31.1 Å². The Morgan fingerprint density at radius 1 is 1.32 bits per heavy atom. The third-order valence-electron chi connectivity index (χ3n) is 5.35. The van der Waals surface area contributed by atoms with E-state index >= 15 is 0 Å². The molecule has 2 heterocycles. The monoisotopic (exact) mass is 408 g/mol. The van der Waals surface area contributed by atoms with Crippen molar-refractivity contribution in [2.45, 2.75) is 44.7 Å². The molecule has 0 amide bonds. The van der Waals surface area contributed by atoms with Crippen molar-refractivity contribution in [2.75, 3.05) is 17.7 Å². The Kier molecular flexibility index (Phi) is 4.62. The highest BCUT2D eigenvalue weighted by Gasteiger charge is 2.44. The lowest BCUT2D eigenvalue weighted by molar-refractivity contribution is -0.00595. The van der Waals surface area contributed by atoms with Crippen LogP contribution in [0.2, 0.25) is 0 Å². The van der Waals surface area contributed by atoms with Crippen LogP contribution in [0.5, 0.6) is 0 Å². The molecule has 1 aromatic carbocycles. The maximum atomic E-state index is 14.4. The lowest BCUT2D eigenvalue weighted by atomic mass is 10.0. The van der Waals surface area contributed by atoms with Crippen molar-refractivity contribution in [2.24, 2.45) is 0 Å². The van der Waals surface area contributed by atoms with Crippen molar-refractivity contribution >= 4 is 16.0 Å². The van der Waals surface area contributed by atoms with E-state index in [0.717, 1.165) is 24.8 Å². The van der Waals surface area contributed by atoms with Gasteiger partial charge in [-0.3, -0.25) is 0 Å². The van der Waals surface area contributed by atoms with Gasteiger partial charge in [-0.1, -0.05) is 18.2 Å². The maximum Gasteiger partial charge on any atom is 0.290 e. The summed E-state index contributed by atoms with van der Waals surface area (Å²) >= 11 is 0. The number of fused-ring (bicyclic) bond motifs is 1. The molecule has 1 atom stereocenters. The number of nitrogens with one attached hydrogen (secondary N) is 1. The summed E-state index contributed by atoms with van der Waals surface area (Å²) in [5, 5.41) is 0. The highest BCUT2D eigenvalue weighted by atomic mass is 32.2. The van der Waals surface area contributed by atoms with Crippen LogP contribution < -0.4 is 9.62 Å². The number of anilines is 1. The van der Waals surface area contributed by atoms with Crippen molar-refractivity contribution < 1.29 is 17.2 Å². The molecule has 1 fully saturated rings. The number of benzene rings is 1. The molecule has 1 N–H and O–H groups in total. The topological polar surface area (TPSA) is 75.2 Å². The lowest BCUT2D eigenvalue weighted by Gasteiger charge is -2.39. The number of hydrogen-bond acceptors (Lipinski definition) is 5. The van der Waals surface area contributed by atoms with Crippen LogP contribution in [0.15, 0.2) is 24.3 Å². The minimum Gasteiger partial charge on any atom is -0.338 e. The Hall–Kier alpha value is -2.13. The number of aromatic nitrogens is 2. The maximum absolute atomic E-state index is 14.4. The number of sulfonamides is 1. The summed E-state index contributed by atoms with van der Waals surface area (Å²) < 4.78 is 54.0. The average molecular weight is 408 g/mol. The Bertz CT molecular complexity index is 1030. The summed E-state index contributed by atoms with van der Waals surface area (Å²) in [6.07, 6.45) is 2.03. The standard InChI is InChI=1S/C19H22F2N4O2S/c1-12-7-9-25(12)18-23-16(15-6-8-19(20,21)17(15)24-18)14-5-3-4-13(10-14)11-22-28(2,26)27/h3-5,10,12,22H,6-9,11H2,1-2H3/t12-/m0/s1. The van der Waals surface area contributed by atoms with Crippen LogP contribution in [0, 0.1) is 0 Å². The smallest absolute Gasteiger partial charge is 0.290 e. The summed E-state index contributed by atoms with van der Waals surface area (Å²) in [6.45, 7) is 2.91. The fraction of sp³-hybridized carbons (Fsp3) is 0.474. The molecule has 0 bridgehead atoms. The predicted octanol–water partition coefficient (Wildman–Crippen LogP) is 2.83. The number of hydrogen-bond donors (Lipinski definition) is 1. The number of halogens is 2. The predicted molar refractivity (Wildman–Crippen MR) is 103 cm³/mol. The third kappa shape index (κ3) is 3.60. The average Bonchev–Trinajstić information content (AvgIpc) is 2.93. The van der Waals surface area contributed by atoms with Crippen LogP contribution in [0.3, 0.4) is 0 Å². The zero-order valence-electron chi connectivity index (χ0n) is 15.7. The first-order chi connectivity index (χ1) is 13.1. The summed E-state index contributed by atoms with van der Waals surface area (Å²) in [7, 11) is -3.33. The van der Waals surface area contributed by atoms with Gasteiger partial charge in [0.2, 0.25) is 16.0 Å². The van der Waals surface area contributed by atoms with Gasteiger partial charge in [0.05, 0.1) is 11.9 Å². The van der Waals surface area contributed by atoms with Crippen LogP contribution in [-0.2, 0) is 28.9 Å². The quantitative estimate of drug-likeness (QED) is 0.824. The summed E-state index contributed by atoms with van der Waals surface area (Å²) in [5.41, 5.74) is 2.25. The molecule has 9 heteroatoms. The van der Waals surface area contributed by atoms with E-state index in [2.05, 4.69) is 14.7 Å². The fourth-order valence-electron chi connectivity index (χ4n) is 3.64. The molecule has 1 aromatic heterocycles. The second kappa shape index (κ2) is 6.73. The highest BCUT2D eigenvalue weighted by Crippen LogP contribution is 2.44. The van der Waals surface area contributed by atoms with E-state index in [1.165, 1.54) is 0 Å². The molecule has 28 heavy (non-hydrogen) atoms. The Labute approximate surface area is 163 Å².